The molecule has 0 aromatic heterocycles. The summed E-state index contributed by atoms with van der Waals surface area (Å²) in [5, 5.41) is 1.14. The third-order valence-electron chi connectivity index (χ3n) is 1.95. The first-order chi connectivity index (χ1) is 5.90. The Morgan fingerprint density at radius 3 is 3.33 bits per heavy atom. The van der Waals surface area contributed by atoms with Gasteiger partial charge < -0.3 is 4.90 Å². The molecule has 0 bridgehead atoms. The van der Waals surface area contributed by atoms with Crippen molar-refractivity contribution < 1.29 is 0 Å². The van der Waals surface area contributed by atoms with Crippen molar-refractivity contribution in [3.63, 3.8) is 0 Å². The van der Waals surface area contributed by atoms with E-state index in [0.717, 1.165) is 18.3 Å². The van der Waals surface area contributed by atoms with Crippen LogP contribution in [0.1, 0.15) is 12.8 Å². The lowest BCUT2D eigenvalue weighted by Crippen LogP contribution is -2.18. The molecule has 0 atom stereocenters. The minimum Gasteiger partial charge on any atom is -0.327 e. The molecule has 0 aromatic rings. The van der Waals surface area contributed by atoms with Gasteiger partial charge in [-0.25, -0.2) is 0 Å². The number of hydrogen-bond acceptors (Lipinski definition) is 3. The normalized spacial score (nSPS) is 22.9. The molecular weight excluding hydrogens is 192 g/mol. The predicted molar refractivity (Wildman–Crippen MR) is 54.6 cm³/mol. The predicted octanol–water partition coefficient (Wildman–Crippen LogP) is 2.27. The van der Waals surface area contributed by atoms with Crippen molar-refractivity contribution in [3.05, 3.63) is 11.1 Å². The molecule has 2 heterocycles. The molecule has 2 aliphatic rings. The molecule has 0 amide bonds. The third kappa shape index (κ3) is 1.62. The minimum atomic E-state index is 0.611. The summed E-state index contributed by atoms with van der Waals surface area (Å²) in [6, 6.07) is 0. The van der Waals surface area contributed by atoms with Gasteiger partial charge in [0.2, 0.25) is 0 Å². The Labute approximate surface area is 81.7 Å². The largest absolute Gasteiger partial charge is 0.327 e. The average molecular weight is 203 g/mol. The van der Waals surface area contributed by atoms with Crippen molar-refractivity contribution >= 4 is 28.5 Å². The van der Waals surface area contributed by atoms with E-state index in [2.05, 4.69) is 16.1 Å². The second-order valence-electron chi connectivity index (χ2n) is 2.90. The molecule has 0 unspecified atom stereocenters. The second-order valence-corrected chi connectivity index (χ2v) is 4.26. The highest BCUT2D eigenvalue weighted by atomic mass is 35.5. The number of rotatable bonds is 1. The van der Waals surface area contributed by atoms with Crippen molar-refractivity contribution in [2.24, 2.45) is 4.99 Å². The summed E-state index contributed by atoms with van der Waals surface area (Å²) < 4.78 is 0. The molecule has 0 aromatic carbocycles. The molecule has 2 nitrogen and oxygen atoms in total. The van der Waals surface area contributed by atoms with Gasteiger partial charge in [-0.3, -0.25) is 4.99 Å². The van der Waals surface area contributed by atoms with Gasteiger partial charge in [0.15, 0.2) is 5.17 Å². The van der Waals surface area contributed by atoms with Crippen LogP contribution in [0.4, 0.5) is 0 Å². The first-order valence-corrected chi connectivity index (χ1v) is 5.51. The van der Waals surface area contributed by atoms with E-state index in [1.807, 2.05) is 0 Å². The Morgan fingerprint density at radius 1 is 1.58 bits per heavy atom. The van der Waals surface area contributed by atoms with E-state index in [4.69, 9.17) is 11.6 Å². The van der Waals surface area contributed by atoms with Crippen LogP contribution in [-0.2, 0) is 0 Å². The van der Waals surface area contributed by atoms with Crippen LogP contribution in [0.5, 0.6) is 0 Å². The smallest absolute Gasteiger partial charge is 0.167 e. The molecule has 2 rings (SSSR count). The summed E-state index contributed by atoms with van der Waals surface area (Å²) in [5.41, 5.74) is 0. The van der Waals surface area contributed by atoms with Crippen LogP contribution in [0, 0.1) is 0 Å². The molecule has 0 aliphatic carbocycles. The van der Waals surface area contributed by atoms with Crippen LogP contribution < -0.4 is 0 Å². The fraction of sp³-hybridized carbons (Fsp3) is 0.625. The number of hydrogen-bond donors (Lipinski definition) is 0. The van der Waals surface area contributed by atoms with Gasteiger partial charge in [-0.2, -0.15) is 0 Å². The zero-order chi connectivity index (χ0) is 8.39. The molecule has 0 fully saturated rings. The summed E-state index contributed by atoms with van der Waals surface area (Å²) in [4.78, 5) is 7.92. The van der Waals surface area contributed by atoms with Crippen LogP contribution in [0.3, 0.4) is 0 Å². The standard InChI is InChI=1S/C8H11ClN2S/c9-5-7-6-11-4-2-1-3-10-8(11)12-7/h6H,1-5H2. The Morgan fingerprint density at radius 2 is 2.50 bits per heavy atom. The Hall–Kier alpha value is -0.150. The maximum absolute atomic E-state index is 5.74. The number of fused-ring (bicyclic) bond motifs is 1. The summed E-state index contributed by atoms with van der Waals surface area (Å²) >= 11 is 7.46. The number of thioether (sulfide) groups is 1. The minimum absolute atomic E-state index is 0.611. The van der Waals surface area contributed by atoms with E-state index in [1.54, 1.807) is 11.8 Å². The van der Waals surface area contributed by atoms with Crippen LogP contribution in [-0.4, -0.2) is 29.0 Å². The highest BCUT2D eigenvalue weighted by Crippen LogP contribution is 2.30. The van der Waals surface area contributed by atoms with Crippen molar-refractivity contribution in [1.82, 2.24) is 4.90 Å². The number of halogens is 1. The van der Waals surface area contributed by atoms with E-state index in [0.29, 0.717) is 5.88 Å². The Balaban J connectivity index is 2.12. The average Bonchev–Trinajstić information content (AvgIpc) is 2.37. The molecule has 0 N–H and O–H groups in total. The van der Waals surface area contributed by atoms with E-state index in [9.17, 15) is 0 Å². The third-order valence-corrected chi connectivity index (χ3v) is 3.46. The topological polar surface area (TPSA) is 15.6 Å². The second kappa shape index (κ2) is 3.71. The van der Waals surface area contributed by atoms with Gasteiger partial charge in [-0.15, -0.1) is 11.6 Å². The first kappa shape index (κ1) is 8.45. The number of aliphatic imine (C=N–C) groups is 1. The van der Waals surface area contributed by atoms with Gasteiger partial charge in [0.05, 0.1) is 5.88 Å². The number of amidine groups is 1. The molecule has 0 saturated carbocycles. The van der Waals surface area contributed by atoms with Gasteiger partial charge in [0, 0.05) is 24.2 Å². The van der Waals surface area contributed by atoms with Crippen molar-refractivity contribution in [2.45, 2.75) is 12.8 Å². The lowest BCUT2D eigenvalue weighted by atomic mass is 10.3. The Kier molecular flexibility index (Phi) is 2.61. The molecule has 2 aliphatic heterocycles. The van der Waals surface area contributed by atoms with Crippen LogP contribution >= 0.6 is 23.4 Å². The van der Waals surface area contributed by atoms with Gasteiger partial charge >= 0.3 is 0 Å². The molecule has 0 saturated heterocycles. The van der Waals surface area contributed by atoms with Gasteiger partial charge in [-0.1, -0.05) is 11.8 Å². The van der Waals surface area contributed by atoms with Crippen LogP contribution in [0.15, 0.2) is 16.1 Å². The van der Waals surface area contributed by atoms with E-state index < -0.39 is 0 Å². The van der Waals surface area contributed by atoms with Crippen molar-refractivity contribution in [1.29, 1.82) is 0 Å². The highest BCUT2D eigenvalue weighted by Gasteiger charge is 2.20. The SMILES string of the molecule is ClCC1=CN2CCCCN=C2S1. The molecule has 66 valence electrons. The summed E-state index contributed by atoms with van der Waals surface area (Å²) in [7, 11) is 0. The van der Waals surface area contributed by atoms with E-state index >= 15 is 0 Å². The molecule has 0 spiro atoms. The molecule has 4 heteroatoms. The molecular formula is C8H11ClN2S. The fourth-order valence-electron chi connectivity index (χ4n) is 1.34. The van der Waals surface area contributed by atoms with Crippen LogP contribution in [0.25, 0.3) is 0 Å². The summed E-state index contributed by atoms with van der Waals surface area (Å²) in [5.74, 6) is 0.611. The van der Waals surface area contributed by atoms with Crippen molar-refractivity contribution in [2.75, 3.05) is 19.0 Å². The maximum atomic E-state index is 5.74. The van der Waals surface area contributed by atoms with Crippen LogP contribution in [0.2, 0.25) is 0 Å². The van der Waals surface area contributed by atoms with Crippen molar-refractivity contribution in [3.8, 4) is 0 Å². The Bertz CT molecular complexity index is 237. The number of allylic oxidation sites excluding steroid dienone is 1. The monoisotopic (exact) mass is 202 g/mol. The zero-order valence-corrected chi connectivity index (χ0v) is 8.37. The quantitative estimate of drug-likeness (QED) is 0.607. The lowest BCUT2D eigenvalue weighted by Gasteiger charge is -2.11. The van der Waals surface area contributed by atoms with E-state index in [-0.39, 0.29) is 0 Å². The maximum Gasteiger partial charge on any atom is 0.167 e. The van der Waals surface area contributed by atoms with Gasteiger partial charge in [0.25, 0.3) is 0 Å². The van der Waals surface area contributed by atoms with Gasteiger partial charge in [0.1, 0.15) is 0 Å². The first-order valence-electron chi connectivity index (χ1n) is 4.16. The zero-order valence-electron chi connectivity index (χ0n) is 6.79. The van der Waals surface area contributed by atoms with E-state index in [1.165, 1.54) is 17.7 Å². The number of alkyl halides is 1. The molecule has 0 radical (unpaired) electrons. The highest BCUT2D eigenvalue weighted by molar-refractivity contribution is 8.17. The summed E-state index contributed by atoms with van der Waals surface area (Å²) in [6.45, 7) is 2.08. The lowest BCUT2D eigenvalue weighted by molar-refractivity contribution is 0.550. The molecule has 12 heavy (non-hydrogen) atoms. The fourth-order valence-corrected chi connectivity index (χ4v) is 2.46. The number of nitrogens with zero attached hydrogens (tertiary/aromatic N) is 2. The summed E-state index contributed by atoms with van der Waals surface area (Å²) in [6.07, 6.45) is 4.58. The van der Waals surface area contributed by atoms with Gasteiger partial charge in [-0.05, 0) is 12.8 Å².